The van der Waals surface area contributed by atoms with E-state index in [0.717, 1.165) is 41.3 Å². The van der Waals surface area contributed by atoms with Crippen LogP contribution in [-0.4, -0.2) is 35.6 Å². The molecule has 0 unspecified atom stereocenters. The van der Waals surface area contributed by atoms with E-state index in [9.17, 15) is 0 Å². The van der Waals surface area contributed by atoms with Crippen LogP contribution in [0.1, 0.15) is 24.5 Å². The Morgan fingerprint density at radius 3 is 3.05 bits per heavy atom. The summed E-state index contributed by atoms with van der Waals surface area (Å²) in [6, 6.07) is 3.89. The molecule has 0 spiro atoms. The lowest BCUT2D eigenvalue weighted by atomic mass is 10.1. The van der Waals surface area contributed by atoms with E-state index in [2.05, 4.69) is 17.0 Å². The Morgan fingerprint density at radius 2 is 2.35 bits per heavy atom. The summed E-state index contributed by atoms with van der Waals surface area (Å²) in [6.45, 7) is 4.75. The van der Waals surface area contributed by atoms with Crippen LogP contribution in [-0.2, 0) is 13.0 Å². The third-order valence-electron chi connectivity index (χ3n) is 3.27. The second kappa shape index (κ2) is 6.81. The Balaban J connectivity index is 2.18. The van der Waals surface area contributed by atoms with E-state index in [0.29, 0.717) is 19.7 Å². The van der Waals surface area contributed by atoms with Crippen LogP contribution in [0.4, 0.5) is 0 Å². The highest BCUT2D eigenvalue weighted by Crippen LogP contribution is 2.33. The highest BCUT2D eigenvalue weighted by Gasteiger charge is 2.19. The molecular formula is C14H20ClN3O2. The first-order valence-corrected chi connectivity index (χ1v) is 7.14. The van der Waals surface area contributed by atoms with Crippen molar-refractivity contribution < 1.29 is 9.94 Å². The molecule has 0 aliphatic carbocycles. The van der Waals surface area contributed by atoms with E-state index in [1.807, 2.05) is 12.1 Å². The molecule has 0 saturated heterocycles. The lowest BCUT2D eigenvalue weighted by Gasteiger charge is -2.22. The Hall–Kier alpha value is -1.46. The van der Waals surface area contributed by atoms with Crippen molar-refractivity contribution in [2.45, 2.75) is 26.3 Å². The summed E-state index contributed by atoms with van der Waals surface area (Å²) >= 11 is 6.16. The van der Waals surface area contributed by atoms with Crippen LogP contribution < -0.4 is 10.5 Å². The number of halogens is 1. The fraction of sp³-hybridized carbons (Fsp3) is 0.500. The van der Waals surface area contributed by atoms with Crippen LogP contribution in [0.5, 0.6) is 5.75 Å². The van der Waals surface area contributed by atoms with Gasteiger partial charge in [-0.1, -0.05) is 23.7 Å². The van der Waals surface area contributed by atoms with E-state index in [4.69, 9.17) is 27.3 Å². The van der Waals surface area contributed by atoms with Crippen LogP contribution >= 0.6 is 11.6 Å². The fourth-order valence-electron chi connectivity index (χ4n) is 2.50. The van der Waals surface area contributed by atoms with Crippen molar-refractivity contribution in [2.75, 3.05) is 19.7 Å². The molecule has 1 aromatic carbocycles. The average molecular weight is 298 g/mol. The first-order valence-electron chi connectivity index (χ1n) is 6.77. The Morgan fingerprint density at radius 1 is 1.55 bits per heavy atom. The number of benzene rings is 1. The van der Waals surface area contributed by atoms with Crippen molar-refractivity contribution >= 4 is 17.4 Å². The number of amidine groups is 1. The van der Waals surface area contributed by atoms with Crippen molar-refractivity contribution in [1.82, 2.24) is 4.90 Å². The topological polar surface area (TPSA) is 71.1 Å². The largest absolute Gasteiger partial charge is 0.493 e. The third kappa shape index (κ3) is 3.55. The van der Waals surface area contributed by atoms with Crippen molar-refractivity contribution in [1.29, 1.82) is 0 Å². The highest BCUT2D eigenvalue weighted by atomic mass is 35.5. The molecule has 1 aromatic rings. The van der Waals surface area contributed by atoms with E-state index in [-0.39, 0.29) is 5.84 Å². The maximum atomic E-state index is 8.71. The van der Waals surface area contributed by atoms with Gasteiger partial charge in [0.2, 0.25) is 0 Å². The van der Waals surface area contributed by atoms with Gasteiger partial charge in [-0.15, -0.1) is 0 Å². The zero-order valence-corrected chi connectivity index (χ0v) is 12.4. The molecule has 110 valence electrons. The first-order chi connectivity index (χ1) is 9.63. The summed E-state index contributed by atoms with van der Waals surface area (Å²) in [5.74, 6) is 1.15. The number of hydrogen-bond donors (Lipinski definition) is 2. The lowest BCUT2D eigenvalue weighted by Crippen LogP contribution is -2.34. The zero-order valence-electron chi connectivity index (χ0n) is 11.6. The van der Waals surface area contributed by atoms with Crippen LogP contribution in [0.15, 0.2) is 17.3 Å². The molecule has 0 saturated carbocycles. The molecule has 1 heterocycles. The molecule has 0 atom stereocenters. The minimum atomic E-state index is 0.207. The number of fused-ring (bicyclic) bond motifs is 1. The summed E-state index contributed by atoms with van der Waals surface area (Å²) in [6.07, 6.45) is 1.89. The number of oxime groups is 1. The van der Waals surface area contributed by atoms with E-state index in [1.165, 1.54) is 0 Å². The van der Waals surface area contributed by atoms with Gasteiger partial charge in [-0.2, -0.15) is 0 Å². The molecule has 3 N–H and O–H groups in total. The molecule has 1 aliphatic heterocycles. The molecule has 0 bridgehead atoms. The second-order valence-electron chi connectivity index (χ2n) is 4.95. The zero-order chi connectivity index (χ0) is 14.5. The smallest absolute Gasteiger partial charge is 0.153 e. The summed E-state index contributed by atoms with van der Waals surface area (Å²) < 4.78 is 5.70. The van der Waals surface area contributed by atoms with Gasteiger partial charge in [0.15, 0.2) is 5.84 Å². The van der Waals surface area contributed by atoms with Crippen LogP contribution in [0.25, 0.3) is 0 Å². The van der Waals surface area contributed by atoms with Gasteiger partial charge in [0.05, 0.1) is 13.2 Å². The standard InChI is InChI=1S/C14H20ClN3O2/c1-2-4-18(9-13(16)17-19)8-11-7-12(15)6-10-3-5-20-14(10)11/h6-7,19H,2-5,8-9H2,1H3,(H2,16,17). The molecule has 0 radical (unpaired) electrons. The predicted octanol–water partition coefficient (Wildman–Crippen LogP) is 2.23. The third-order valence-corrected chi connectivity index (χ3v) is 3.49. The van der Waals surface area contributed by atoms with Gasteiger partial charge in [0.25, 0.3) is 0 Å². The normalized spacial score (nSPS) is 14.4. The van der Waals surface area contributed by atoms with Crippen LogP contribution in [0, 0.1) is 0 Å². The highest BCUT2D eigenvalue weighted by molar-refractivity contribution is 6.30. The summed E-state index contributed by atoms with van der Waals surface area (Å²) in [7, 11) is 0. The van der Waals surface area contributed by atoms with Crippen molar-refractivity contribution in [3.63, 3.8) is 0 Å². The van der Waals surface area contributed by atoms with Gasteiger partial charge in [0, 0.05) is 23.6 Å². The molecule has 0 fully saturated rings. The quantitative estimate of drug-likeness (QED) is 0.366. The Labute approximate surface area is 124 Å². The summed E-state index contributed by atoms with van der Waals surface area (Å²) in [5, 5.41) is 12.5. The van der Waals surface area contributed by atoms with Crippen LogP contribution in [0.3, 0.4) is 0 Å². The number of nitrogens with zero attached hydrogens (tertiary/aromatic N) is 2. The number of nitrogens with two attached hydrogens (primary N) is 1. The maximum Gasteiger partial charge on any atom is 0.153 e. The average Bonchev–Trinajstić information content (AvgIpc) is 2.86. The van der Waals surface area contributed by atoms with Crippen molar-refractivity contribution in [3.05, 3.63) is 28.3 Å². The molecule has 0 amide bonds. The Bertz CT molecular complexity index is 505. The summed E-state index contributed by atoms with van der Waals surface area (Å²) in [4.78, 5) is 2.11. The monoisotopic (exact) mass is 297 g/mol. The van der Waals surface area contributed by atoms with E-state index >= 15 is 0 Å². The Kier molecular flexibility index (Phi) is 5.09. The predicted molar refractivity (Wildman–Crippen MR) is 79.6 cm³/mol. The molecular weight excluding hydrogens is 278 g/mol. The SMILES string of the molecule is CCCN(C/C(N)=N/O)Cc1cc(Cl)cc2c1OCC2. The summed E-state index contributed by atoms with van der Waals surface area (Å²) in [5.41, 5.74) is 7.82. The molecule has 0 aromatic heterocycles. The molecule has 6 heteroatoms. The molecule has 2 rings (SSSR count). The molecule has 1 aliphatic rings. The lowest BCUT2D eigenvalue weighted by molar-refractivity contribution is 0.280. The van der Waals surface area contributed by atoms with Gasteiger partial charge in [0.1, 0.15) is 5.75 Å². The van der Waals surface area contributed by atoms with Crippen molar-refractivity contribution in [2.24, 2.45) is 10.9 Å². The molecule has 5 nitrogen and oxygen atoms in total. The van der Waals surface area contributed by atoms with Crippen LogP contribution in [0.2, 0.25) is 5.02 Å². The number of rotatable bonds is 6. The fourth-order valence-corrected chi connectivity index (χ4v) is 2.76. The maximum absolute atomic E-state index is 8.71. The molecule has 20 heavy (non-hydrogen) atoms. The number of hydrogen-bond acceptors (Lipinski definition) is 4. The second-order valence-corrected chi connectivity index (χ2v) is 5.39. The van der Waals surface area contributed by atoms with Gasteiger partial charge in [-0.05, 0) is 30.7 Å². The van der Waals surface area contributed by atoms with Gasteiger partial charge in [-0.25, -0.2) is 0 Å². The number of ether oxygens (including phenoxy) is 1. The van der Waals surface area contributed by atoms with Gasteiger partial charge < -0.3 is 15.7 Å². The van der Waals surface area contributed by atoms with Gasteiger partial charge >= 0.3 is 0 Å². The van der Waals surface area contributed by atoms with E-state index in [1.54, 1.807) is 0 Å². The first kappa shape index (κ1) is 14.9. The van der Waals surface area contributed by atoms with Gasteiger partial charge in [-0.3, -0.25) is 4.90 Å². The minimum absolute atomic E-state index is 0.207. The van der Waals surface area contributed by atoms with Crippen molar-refractivity contribution in [3.8, 4) is 5.75 Å². The van der Waals surface area contributed by atoms with E-state index < -0.39 is 0 Å². The minimum Gasteiger partial charge on any atom is -0.493 e.